The molecule has 2 rings (SSSR count). The van der Waals surface area contributed by atoms with Gasteiger partial charge in [-0.25, -0.2) is 0 Å². The van der Waals surface area contributed by atoms with E-state index in [1.54, 1.807) is 0 Å². The van der Waals surface area contributed by atoms with E-state index in [1.165, 1.54) is 26.3 Å². The maximum absolute atomic E-state index is 10.9. The lowest BCUT2D eigenvalue weighted by Gasteiger charge is -2.28. The second kappa shape index (κ2) is 5.40. The zero-order valence-corrected chi connectivity index (χ0v) is 10.5. The molecule has 1 aliphatic heterocycles. The summed E-state index contributed by atoms with van der Waals surface area (Å²) >= 11 is 0. The zero-order chi connectivity index (χ0) is 12.3. The highest BCUT2D eigenvalue weighted by atomic mass is 16.5. The van der Waals surface area contributed by atoms with Gasteiger partial charge < -0.3 is 9.42 Å². The maximum atomic E-state index is 10.9. The molecular formula is C12H19N3O2. The number of ketones is 1. The standard InChI is InChI=1S/C12H19N3O2/c1-9(16)6-11-13-12(17-14-11)7-10-4-3-5-15(2)8-10/h10H,3-8H2,1-2H3. The van der Waals surface area contributed by atoms with Gasteiger partial charge in [0.05, 0.1) is 6.42 Å². The largest absolute Gasteiger partial charge is 0.339 e. The second-order valence-electron chi connectivity index (χ2n) is 4.96. The number of hydrogen-bond donors (Lipinski definition) is 0. The first-order valence-corrected chi connectivity index (χ1v) is 6.13. The van der Waals surface area contributed by atoms with Crippen LogP contribution in [-0.4, -0.2) is 41.0 Å². The van der Waals surface area contributed by atoms with E-state index in [-0.39, 0.29) is 12.2 Å². The highest BCUT2D eigenvalue weighted by Gasteiger charge is 2.20. The Morgan fingerprint density at radius 2 is 2.41 bits per heavy atom. The average molecular weight is 237 g/mol. The third kappa shape index (κ3) is 3.63. The van der Waals surface area contributed by atoms with E-state index >= 15 is 0 Å². The highest BCUT2D eigenvalue weighted by Crippen LogP contribution is 2.19. The molecule has 5 heteroatoms. The van der Waals surface area contributed by atoms with Gasteiger partial charge in [0.1, 0.15) is 5.78 Å². The van der Waals surface area contributed by atoms with Gasteiger partial charge >= 0.3 is 0 Å². The normalized spacial score (nSPS) is 21.6. The van der Waals surface area contributed by atoms with Gasteiger partial charge in [-0.15, -0.1) is 0 Å². The molecule has 17 heavy (non-hydrogen) atoms. The van der Waals surface area contributed by atoms with Crippen molar-refractivity contribution < 1.29 is 9.32 Å². The van der Waals surface area contributed by atoms with E-state index < -0.39 is 0 Å². The van der Waals surface area contributed by atoms with Crippen LogP contribution in [0.3, 0.4) is 0 Å². The van der Waals surface area contributed by atoms with Gasteiger partial charge in [-0.05, 0) is 39.3 Å². The fraction of sp³-hybridized carbons (Fsp3) is 0.750. The van der Waals surface area contributed by atoms with Crippen LogP contribution in [0.2, 0.25) is 0 Å². The van der Waals surface area contributed by atoms with Gasteiger partial charge in [0.25, 0.3) is 0 Å². The minimum atomic E-state index is 0.0646. The predicted octanol–water partition coefficient (Wildman–Crippen LogP) is 1.09. The number of piperidine rings is 1. The topological polar surface area (TPSA) is 59.2 Å². The Kier molecular flexibility index (Phi) is 3.89. The van der Waals surface area contributed by atoms with E-state index in [0.29, 0.717) is 17.6 Å². The fourth-order valence-electron chi connectivity index (χ4n) is 2.35. The molecule has 1 fully saturated rings. The van der Waals surface area contributed by atoms with Crippen LogP contribution in [0, 0.1) is 5.92 Å². The van der Waals surface area contributed by atoms with Gasteiger partial charge in [-0.3, -0.25) is 4.79 Å². The van der Waals surface area contributed by atoms with Crippen LogP contribution in [0.5, 0.6) is 0 Å². The summed E-state index contributed by atoms with van der Waals surface area (Å²) in [6.45, 7) is 3.80. The Morgan fingerprint density at radius 1 is 1.59 bits per heavy atom. The third-order valence-electron chi connectivity index (χ3n) is 3.10. The molecule has 1 unspecified atom stereocenters. The van der Waals surface area contributed by atoms with Crippen molar-refractivity contribution in [3.63, 3.8) is 0 Å². The van der Waals surface area contributed by atoms with Gasteiger partial charge in [0.2, 0.25) is 5.89 Å². The van der Waals surface area contributed by atoms with E-state index in [0.717, 1.165) is 13.0 Å². The number of Topliss-reactive ketones (excluding diaryl/α,β-unsaturated/α-hetero) is 1. The number of nitrogens with zero attached hydrogens (tertiary/aromatic N) is 3. The van der Waals surface area contributed by atoms with Gasteiger partial charge in [0.15, 0.2) is 5.82 Å². The quantitative estimate of drug-likeness (QED) is 0.784. The number of likely N-dealkylation sites (tertiary alicyclic amines) is 1. The van der Waals surface area contributed by atoms with Crippen molar-refractivity contribution in [2.45, 2.75) is 32.6 Å². The molecule has 0 aliphatic carbocycles. The van der Waals surface area contributed by atoms with E-state index in [1.807, 2.05) is 0 Å². The molecule has 94 valence electrons. The smallest absolute Gasteiger partial charge is 0.226 e. The van der Waals surface area contributed by atoms with Crippen molar-refractivity contribution in [3.8, 4) is 0 Å². The molecular weight excluding hydrogens is 218 g/mol. The Balaban J connectivity index is 1.89. The Labute approximate surface area is 101 Å². The molecule has 0 radical (unpaired) electrons. The molecule has 0 aromatic carbocycles. The lowest BCUT2D eigenvalue weighted by atomic mass is 9.95. The molecule has 1 atom stereocenters. The third-order valence-corrected chi connectivity index (χ3v) is 3.10. The molecule has 0 spiro atoms. The highest BCUT2D eigenvalue weighted by molar-refractivity contribution is 5.77. The maximum Gasteiger partial charge on any atom is 0.226 e. The van der Waals surface area contributed by atoms with Gasteiger partial charge in [-0.2, -0.15) is 4.98 Å². The van der Waals surface area contributed by atoms with Gasteiger partial charge in [-0.1, -0.05) is 5.16 Å². The Bertz CT molecular complexity index is 389. The molecule has 1 aromatic heterocycles. The zero-order valence-electron chi connectivity index (χ0n) is 10.5. The minimum absolute atomic E-state index is 0.0646. The van der Waals surface area contributed by atoms with Crippen LogP contribution < -0.4 is 0 Å². The molecule has 1 aromatic rings. The van der Waals surface area contributed by atoms with Gasteiger partial charge in [0, 0.05) is 13.0 Å². The van der Waals surface area contributed by atoms with Crippen LogP contribution >= 0.6 is 0 Å². The molecule has 1 aliphatic rings. The Morgan fingerprint density at radius 3 is 3.12 bits per heavy atom. The SMILES string of the molecule is CC(=O)Cc1noc(CC2CCCN(C)C2)n1. The first-order valence-electron chi connectivity index (χ1n) is 6.13. The molecule has 2 heterocycles. The van der Waals surface area contributed by atoms with Crippen LogP contribution in [0.15, 0.2) is 4.52 Å². The first-order chi connectivity index (χ1) is 8.13. The lowest BCUT2D eigenvalue weighted by molar-refractivity contribution is -0.116. The molecule has 0 saturated carbocycles. The lowest BCUT2D eigenvalue weighted by Crippen LogP contribution is -2.33. The number of rotatable bonds is 4. The first kappa shape index (κ1) is 12.2. The van der Waals surface area contributed by atoms with Crippen molar-refractivity contribution in [2.24, 2.45) is 5.92 Å². The summed E-state index contributed by atoms with van der Waals surface area (Å²) in [7, 11) is 2.14. The molecule has 0 bridgehead atoms. The molecule has 0 amide bonds. The van der Waals surface area contributed by atoms with E-state index in [4.69, 9.17) is 4.52 Å². The molecule has 5 nitrogen and oxygen atoms in total. The number of carbonyl (C=O) groups excluding carboxylic acids is 1. The van der Waals surface area contributed by atoms with Crippen LogP contribution in [0.25, 0.3) is 0 Å². The van der Waals surface area contributed by atoms with Crippen LogP contribution in [-0.2, 0) is 17.6 Å². The van der Waals surface area contributed by atoms with Crippen LogP contribution in [0.1, 0.15) is 31.5 Å². The number of carbonyl (C=O) groups is 1. The Hall–Kier alpha value is -1.23. The summed E-state index contributed by atoms with van der Waals surface area (Å²) in [6.07, 6.45) is 3.55. The summed E-state index contributed by atoms with van der Waals surface area (Å²) in [5.74, 6) is 1.84. The summed E-state index contributed by atoms with van der Waals surface area (Å²) in [4.78, 5) is 17.5. The predicted molar refractivity (Wildman–Crippen MR) is 62.6 cm³/mol. The number of aromatic nitrogens is 2. The van der Waals surface area contributed by atoms with Crippen molar-refractivity contribution in [2.75, 3.05) is 20.1 Å². The second-order valence-corrected chi connectivity index (χ2v) is 4.96. The molecule has 0 N–H and O–H groups in total. The van der Waals surface area contributed by atoms with E-state index in [9.17, 15) is 4.79 Å². The summed E-state index contributed by atoms with van der Waals surface area (Å²) in [6, 6.07) is 0. The van der Waals surface area contributed by atoms with Crippen molar-refractivity contribution in [1.29, 1.82) is 0 Å². The summed E-state index contributed by atoms with van der Waals surface area (Å²) in [5, 5.41) is 3.82. The van der Waals surface area contributed by atoms with Crippen LogP contribution in [0.4, 0.5) is 0 Å². The fourth-order valence-corrected chi connectivity index (χ4v) is 2.35. The van der Waals surface area contributed by atoms with Crippen molar-refractivity contribution in [3.05, 3.63) is 11.7 Å². The minimum Gasteiger partial charge on any atom is -0.339 e. The average Bonchev–Trinajstić information content (AvgIpc) is 2.64. The van der Waals surface area contributed by atoms with Crippen molar-refractivity contribution >= 4 is 5.78 Å². The summed E-state index contributed by atoms with van der Waals surface area (Å²) in [5.41, 5.74) is 0. The molecule has 1 saturated heterocycles. The van der Waals surface area contributed by atoms with E-state index in [2.05, 4.69) is 22.1 Å². The monoisotopic (exact) mass is 237 g/mol. The summed E-state index contributed by atoms with van der Waals surface area (Å²) < 4.78 is 5.17. The van der Waals surface area contributed by atoms with Crippen molar-refractivity contribution in [1.82, 2.24) is 15.0 Å². The number of hydrogen-bond acceptors (Lipinski definition) is 5.